The number of rotatable bonds is 16. The molecule has 1 saturated heterocycles. The largest absolute Gasteiger partial charge is 0.453 e. The van der Waals surface area contributed by atoms with Crippen LogP contribution in [0.25, 0.3) is 0 Å². The highest BCUT2D eigenvalue weighted by molar-refractivity contribution is 6.04. The number of hydrogen-bond acceptors (Lipinski definition) is 10. The van der Waals surface area contributed by atoms with Crippen LogP contribution in [0.15, 0.2) is 12.2 Å². The van der Waals surface area contributed by atoms with Gasteiger partial charge in [0, 0.05) is 20.0 Å². The van der Waals surface area contributed by atoms with Gasteiger partial charge in [-0.25, -0.2) is 9.69 Å². The van der Waals surface area contributed by atoms with E-state index in [2.05, 4.69) is 0 Å². The summed E-state index contributed by atoms with van der Waals surface area (Å²) in [7, 11) is 0. The van der Waals surface area contributed by atoms with Crippen LogP contribution in [-0.4, -0.2) is 90.3 Å². The third-order valence-corrected chi connectivity index (χ3v) is 5.58. The lowest BCUT2D eigenvalue weighted by molar-refractivity contribution is -0.158. The van der Waals surface area contributed by atoms with E-state index >= 15 is 0 Å². The summed E-state index contributed by atoms with van der Waals surface area (Å²) >= 11 is 0. The molecular formula is C25H39NO10. The predicted molar refractivity (Wildman–Crippen MR) is 128 cm³/mol. The Balaban J connectivity index is 2.77. The Labute approximate surface area is 212 Å². The molecule has 3 unspecified atom stereocenters. The highest BCUT2D eigenvalue weighted by Crippen LogP contribution is 2.35. The van der Waals surface area contributed by atoms with Crippen LogP contribution in [0.4, 0.5) is 4.79 Å². The molecule has 0 aromatic rings. The summed E-state index contributed by atoms with van der Waals surface area (Å²) in [5.41, 5.74) is -0.927. The van der Waals surface area contributed by atoms with Crippen LogP contribution in [-0.2, 0) is 38.1 Å². The molecule has 1 aliphatic heterocycles. The fourth-order valence-electron chi connectivity index (χ4n) is 4.11. The highest BCUT2D eigenvalue weighted by atomic mass is 16.6. The number of ketones is 2. The van der Waals surface area contributed by atoms with Crippen molar-refractivity contribution in [2.75, 3.05) is 33.0 Å². The highest BCUT2D eigenvalue weighted by Gasteiger charge is 2.53. The minimum atomic E-state index is -1.51. The van der Waals surface area contributed by atoms with Crippen molar-refractivity contribution in [1.29, 1.82) is 0 Å². The molecule has 11 nitrogen and oxygen atoms in total. The number of hydrogen-bond donors (Lipinski definition) is 1. The molecule has 11 heteroatoms. The number of carbonyl (C=O) groups excluding carboxylic acids is 5. The Hall–Kier alpha value is -2.63. The average molecular weight is 514 g/mol. The number of cyclic esters (lactones) is 1. The summed E-state index contributed by atoms with van der Waals surface area (Å²) in [5, 5.41) is 8.61. The number of ether oxygens (including phenoxy) is 4. The molecule has 1 aliphatic rings. The normalized spacial score (nSPS) is 18.8. The van der Waals surface area contributed by atoms with Crippen LogP contribution in [0.5, 0.6) is 0 Å². The zero-order valence-electron chi connectivity index (χ0n) is 22.0. The Morgan fingerprint density at radius 1 is 1.06 bits per heavy atom. The van der Waals surface area contributed by atoms with Crippen molar-refractivity contribution >= 4 is 29.5 Å². The van der Waals surface area contributed by atoms with Gasteiger partial charge in [-0.2, -0.15) is 0 Å². The molecule has 0 aliphatic carbocycles. The van der Waals surface area contributed by atoms with Crippen LogP contribution < -0.4 is 0 Å². The quantitative estimate of drug-likeness (QED) is 0.184. The van der Waals surface area contributed by atoms with Gasteiger partial charge in [-0.3, -0.25) is 19.2 Å². The second-order valence-electron chi connectivity index (χ2n) is 9.44. The molecule has 0 aromatic heterocycles. The molecule has 1 N–H and O–H groups in total. The van der Waals surface area contributed by atoms with Gasteiger partial charge in [0.15, 0.2) is 17.7 Å². The maximum atomic E-state index is 13.3. The SMILES string of the molecule is CC(=O)OC(C(=O)C=CC(=O)CCCOCCOCCO)C(C)C(=O)N1C(=O)OC(C)(C)C1C(C)C. The van der Waals surface area contributed by atoms with E-state index in [0.29, 0.717) is 26.2 Å². The number of imide groups is 1. The lowest BCUT2D eigenvalue weighted by atomic mass is 9.87. The van der Waals surface area contributed by atoms with Gasteiger partial charge in [0.05, 0.1) is 38.4 Å². The van der Waals surface area contributed by atoms with Crippen molar-refractivity contribution in [3.05, 3.63) is 12.2 Å². The number of esters is 1. The number of nitrogens with zero attached hydrogens (tertiary/aromatic N) is 1. The summed E-state index contributed by atoms with van der Waals surface area (Å²) in [5.74, 6) is -3.88. The van der Waals surface area contributed by atoms with E-state index in [1.165, 1.54) is 6.92 Å². The molecule has 36 heavy (non-hydrogen) atoms. The molecule has 0 radical (unpaired) electrons. The third kappa shape index (κ3) is 9.44. The second kappa shape index (κ2) is 14.8. The van der Waals surface area contributed by atoms with Crippen LogP contribution in [0.1, 0.15) is 54.4 Å². The van der Waals surface area contributed by atoms with E-state index in [9.17, 15) is 24.0 Å². The summed E-state index contributed by atoms with van der Waals surface area (Å²) in [4.78, 5) is 63.3. The molecular weight excluding hydrogens is 474 g/mol. The first kappa shape index (κ1) is 31.4. The Morgan fingerprint density at radius 3 is 2.22 bits per heavy atom. The fraction of sp³-hybridized carbons (Fsp3) is 0.720. The summed E-state index contributed by atoms with van der Waals surface area (Å²) in [6.07, 6.45) is 0.269. The van der Waals surface area contributed by atoms with Crippen LogP contribution in [0.3, 0.4) is 0 Å². The first-order valence-electron chi connectivity index (χ1n) is 12.1. The molecule has 1 heterocycles. The van der Waals surface area contributed by atoms with Gasteiger partial charge in [-0.15, -0.1) is 0 Å². The van der Waals surface area contributed by atoms with Gasteiger partial charge < -0.3 is 24.1 Å². The number of allylic oxidation sites excluding steroid dienone is 1. The fourth-order valence-corrected chi connectivity index (χ4v) is 4.11. The summed E-state index contributed by atoms with van der Waals surface area (Å²) < 4.78 is 20.9. The molecule has 2 amide bonds. The van der Waals surface area contributed by atoms with Crippen LogP contribution in [0.2, 0.25) is 0 Å². The van der Waals surface area contributed by atoms with Gasteiger partial charge in [0.25, 0.3) is 0 Å². The Bertz CT molecular complexity index is 820. The second-order valence-corrected chi connectivity index (χ2v) is 9.44. The zero-order valence-corrected chi connectivity index (χ0v) is 22.0. The topological polar surface area (TPSA) is 146 Å². The smallest absolute Gasteiger partial charge is 0.417 e. The Morgan fingerprint density at radius 2 is 1.67 bits per heavy atom. The number of aliphatic hydroxyl groups is 1. The minimum Gasteiger partial charge on any atom is -0.453 e. The molecule has 0 bridgehead atoms. The maximum absolute atomic E-state index is 13.3. The van der Waals surface area contributed by atoms with E-state index in [4.69, 9.17) is 24.1 Å². The van der Waals surface area contributed by atoms with Crippen molar-refractivity contribution in [2.45, 2.75) is 72.1 Å². The number of carbonyl (C=O) groups is 5. The van der Waals surface area contributed by atoms with Crippen molar-refractivity contribution in [2.24, 2.45) is 11.8 Å². The standard InChI is InChI=1S/C25H39NO10/c1-16(2)22-25(5,6)36-24(32)26(22)23(31)17(3)21(35-18(4)28)20(30)10-9-19(29)8-7-12-33-14-15-34-13-11-27/h9-10,16-17,21-22,27H,7-8,11-15H2,1-6H3. The van der Waals surface area contributed by atoms with Gasteiger partial charge in [0.1, 0.15) is 5.60 Å². The monoisotopic (exact) mass is 513 g/mol. The van der Waals surface area contributed by atoms with E-state index in [1.54, 1.807) is 13.8 Å². The average Bonchev–Trinajstić information content (AvgIpc) is 3.04. The van der Waals surface area contributed by atoms with Gasteiger partial charge in [-0.05, 0) is 45.3 Å². The predicted octanol–water partition coefficient (Wildman–Crippen LogP) is 1.84. The lowest BCUT2D eigenvalue weighted by Crippen LogP contribution is -2.52. The molecule has 0 aromatic carbocycles. The van der Waals surface area contributed by atoms with Crippen LogP contribution >= 0.6 is 0 Å². The van der Waals surface area contributed by atoms with Crippen molar-refractivity contribution in [1.82, 2.24) is 4.90 Å². The van der Waals surface area contributed by atoms with E-state index in [1.807, 2.05) is 13.8 Å². The van der Waals surface area contributed by atoms with Crippen LogP contribution in [0, 0.1) is 11.8 Å². The summed E-state index contributed by atoms with van der Waals surface area (Å²) in [6.45, 7) is 10.7. The summed E-state index contributed by atoms with van der Waals surface area (Å²) in [6, 6.07) is -0.575. The van der Waals surface area contributed by atoms with Gasteiger partial charge in [0.2, 0.25) is 5.91 Å². The lowest BCUT2D eigenvalue weighted by Gasteiger charge is -2.33. The van der Waals surface area contributed by atoms with Crippen molar-refractivity contribution < 1.29 is 48.0 Å². The number of aliphatic hydroxyl groups excluding tert-OH is 1. The van der Waals surface area contributed by atoms with E-state index in [0.717, 1.165) is 24.0 Å². The zero-order chi connectivity index (χ0) is 27.5. The van der Waals surface area contributed by atoms with E-state index in [-0.39, 0.29) is 31.3 Å². The molecule has 0 spiro atoms. The first-order valence-corrected chi connectivity index (χ1v) is 12.1. The van der Waals surface area contributed by atoms with E-state index < -0.39 is 47.4 Å². The molecule has 204 valence electrons. The first-order chi connectivity index (χ1) is 16.8. The third-order valence-electron chi connectivity index (χ3n) is 5.58. The minimum absolute atomic E-state index is 0.0632. The van der Waals surface area contributed by atoms with Gasteiger partial charge >= 0.3 is 12.1 Å². The van der Waals surface area contributed by atoms with Crippen molar-refractivity contribution in [3.8, 4) is 0 Å². The van der Waals surface area contributed by atoms with Gasteiger partial charge in [-0.1, -0.05) is 13.8 Å². The molecule has 1 fully saturated rings. The number of amides is 2. The van der Waals surface area contributed by atoms with Crippen molar-refractivity contribution in [3.63, 3.8) is 0 Å². The molecule has 1 rings (SSSR count). The molecule has 3 atom stereocenters. The Kier molecular flexibility index (Phi) is 12.9. The maximum Gasteiger partial charge on any atom is 0.417 e. The molecule has 0 saturated carbocycles.